The minimum atomic E-state index is -0.0564. The van der Waals surface area contributed by atoms with E-state index in [1.807, 2.05) is 18.3 Å². The van der Waals surface area contributed by atoms with Crippen molar-refractivity contribution in [3.8, 4) is 28.0 Å². The highest BCUT2D eigenvalue weighted by atomic mass is 32.1. The Kier molecular flexibility index (Phi) is 6.19. The minimum Gasteiger partial charge on any atom is -0.485 e. The summed E-state index contributed by atoms with van der Waals surface area (Å²) in [4.78, 5) is 14.1. The van der Waals surface area contributed by atoms with Gasteiger partial charge in [0.2, 0.25) is 0 Å². The summed E-state index contributed by atoms with van der Waals surface area (Å²) in [5, 5.41) is 1.10. The summed E-state index contributed by atoms with van der Waals surface area (Å²) in [6, 6.07) is 3.90. The van der Waals surface area contributed by atoms with Crippen LogP contribution in [0.3, 0.4) is 0 Å². The molecule has 0 aromatic carbocycles. The summed E-state index contributed by atoms with van der Waals surface area (Å²) in [7, 11) is 0. The Balaban J connectivity index is 1.76. The van der Waals surface area contributed by atoms with Gasteiger partial charge >= 0.3 is 0 Å². The molecule has 6 heteroatoms. The number of anilines is 1. The number of nitrogens with two attached hydrogens (primary N) is 1. The van der Waals surface area contributed by atoms with E-state index in [2.05, 4.69) is 61.4 Å². The lowest BCUT2D eigenvalue weighted by molar-refractivity contribution is 0.306. The third-order valence-corrected chi connectivity index (χ3v) is 5.30. The minimum absolute atomic E-state index is 0.0564. The molecule has 0 unspecified atom stereocenters. The van der Waals surface area contributed by atoms with Gasteiger partial charge in [-0.1, -0.05) is 25.7 Å². The predicted octanol–water partition coefficient (Wildman–Crippen LogP) is 5.28. The zero-order valence-electron chi connectivity index (χ0n) is 17.5. The van der Waals surface area contributed by atoms with Gasteiger partial charge < -0.3 is 10.5 Å². The van der Waals surface area contributed by atoms with Crippen LogP contribution in [-0.4, -0.2) is 15.0 Å². The Labute approximate surface area is 176 Å². The number of aromatic nitrogens is 3. The molecule has 3 heterocycles. The third kappa shape index (κ3) is 5.78. The number of thiazole rings is 1. The summed E-state index contributed by atoms with van der Waals surface area (Å²) < 4.78 is 5.95. The lowest BCUT2D eigenvalue weighted by Crippen LogP contribution is -2.02. The smallest absolute Gasteiger partial charge is 0.166 e. The topological polar surface area (TPSA) is 73.9 Å². The highest BCUT2D eigenvalue weighted by Gasteiger charge is 2.11. The van der Waals surface area contributed by atoms with Gasteiger partial charge in [0, 0.05) is 52.8 Å². The Morgan fingerprint density at radius 1 is 1.10 bits per heavy atom. The van der Waals surface area contributed by atoms with Crippen LogP contribution in [0.2, 0.25) is 0 Å². The fourth-order valence-electron chi connectivity index (χ4n) is 2.45. The highest BCUT2D eigenvalue weighted by Crippen LogP contribution is 2.33. The first-order valence-electron chi connectivity index (χ1n) is 9.53. The first kappa shape index (κ1) is 20.8. The molecule has 0 fully saturated rings. The third-order valence-electron chi connectivity index (χ3n) is 3.95. The molecule has 0 bridgehead atoms. The van der Waals surface area contributed by atoms with Crippen LogP contribution in [-0.2, 0) is 6.61 Å². The fourth-order valence-corrected chi connectivity index (χ4v) is 3.35. The van der Waals surface area contributed by atoms with Gasteiger partial charge in [0.15, 0.2) is 11.6 Å². The van der Waals surface area contributed by atoms with Gasteiger partial charge in [-0.25, -0.2) is 9.97 Å². The van der Waals surface area contributed by atoms with E-state index in [0.29, 0.717) is 24.1 Å². The maximum atomic E-state index is 6.02. The second-order valence-electron chi connectivity index (χ2n) is 8.20. The largest absolute Gasteiger partial charge is 0.485 e. The van der Waals surface area contributed by atoms with E-state index >= 15 is 0 Å². The van der Waals surface area contributed by atoms with Crippen molar-refractivity contribution >= 4 is 17.2 Å². The summed E-state index contributed by atoms with van der Waals surface area (Å²) in [6.45, 7) is 10.8. The summed E-state index contributed by atoms with van der Waals surface area (Å²) in [5.74, 6) is 7.69. The molecule has 29 heavy (non-hydrogen) atoms. The number of rotatable bonds is 5. The molecule has 0 spiro atoms. The normalized spacial score (nSPS) is 11.2. The molecule has 0 aliphatic rings. The standard InChI is InChI=1S/C23H26N4OS/c1-15(2)22-27-13-20(29-22)18-9-19(21(24)26-12-18)28-14-17-8-16(10-25-11-17)6-7-23(3,4)5/h8-13,15H,14H2,1-5H3,(H2,24,26). The molecule has 0 radical (unpaired) electrons. The highest BCUT2D eigenvalue weighted by molar-refractivity contribution is 7.15. The van der Waals surface area contributed by atoms with E-state index in [1.165, 1.54) is 0 Å². The molecule has 0 saturated carbocycles. The average molecular weight is 407 g/mol. The monoisotopic (exact) mass is 406 g/mol. The van der Waals surface area contributed by atoms with E-state index in [-0.39, 0.29) is 5.41 Å². The van der Waals surface area contributed by atoms with Gasteiger partial charge in [-0.05, 0) is 32.9 Å². The van der Waals surface area contributed by atoms with E-state index < -0.39 is 0 Å². The Bertz CT molecular complexity index is 1050. The Morgan fingerprint density at radius 2 is 1.90 bits per heavy atom. The molecule has 3 aromatic heterocycles. The van der Waals surface area contributed by atoms with Gasteiger partial charge in [0.05, 0.1) is 9.88 Å². The van der Waals surface area contributed by atoms with Crippen molar-refractivity contribution in [3.63, 3.8) is 0 Å². The average Bonchev–Trinajstić information content (AvgIpc) is 3.16. The summed E-state index contributed by atoms with van der Waals surface area (Å²) in [5.41, 5.74) is 8.71. The van der Waals surface area contributed by atoms with Crippen molar-refractivity contribution in [2.45, 2.75) is 47.1 Å². The molecule has 0 aliphatic carbocycles. The van der Waals surface area contributed by atoms with Crippen molar-refractivity contribution < 1.29 is 4.74 Å². The zero-order chi connectivity index (χ0) is 21.0. The van der Waals surface area contributed by atoms with Crippen LogP contribution in [0.5, 0.6) is 5.75 Å². The zero-order valence-corrected chi connectivity index (χ0v) is 18.3. The van der Waals surface area contributed by atoms with Crippen LogP contribution in [0.4, 0.5) is 5.82 Å². The molecule has 5 nitrogen and oxygen atoms in total. The second kappa shape index (κ2) is 8.62. The van der Waals surface area contributed by atoms with Crippen molar-refractivity contribution in [1.29, 1.82) is 0 Å². The second-order valence-corrected chi connectivity index (χ2v) is 9.26. The van der Waals surface area contributed by atoms with Crippen molar-refractivity contribution in [2.75, 3.05) is 5.73 Å². The number of ether oxygens (including phenoxy) is 1. The quantitative estimate of drug-likeness (QED) is 0.583. The van der Waals surface area contributed by atoms with Crippen LogP contribution >= 0.6 is 11.3 Å². The van der Waals surface area contributed by atoms with E-state index in [1.54, 1.807) is 29.9 Å². The maximum Gasteiger partial charge on any atom is 0.166 e. The van der Waals surface area contributed by atoms with Crippen LogP contribution in [0.1, 0.15) is 56.7 Å². The molecule has 0 atom stereocenters. The summed E-state index contributed by atoms with van der Waals surface area (Å²) in [6.07, 6.45) is 7.16. The van der Waals surface area contributed by atoms with E-state index in [9.17, 15) is 0 Å². The molecule has 3 rings (SSSR count). The van der Waals surface area contributed by atoms with Gasteiger partial charge in [0.1, 0.15) is 6.61 Å². The van der Waals surface area contributed by atoms with Gasteiger partial charge in [-0.3, -0.25) is 4.98 Å². The molecule has 0 aliphatic heterocycles. The number of pyridine rings is 2. The number of nitrogens with zero attached hydrogens (tertiary/aromatic N) is 3. The summed E-state index contributed by atoms with van der Waals surface area (Å²) >= 11 is 1.66. The van der Waals surface area contributed by atoms with Crippen LogP contribution < -0.4 is 10.5 Å². The Hall–Kier alpha value is -2.91. The first-order valence-corrected chi connectivity index (χ1v) is 10.3. The maximum absolute atomic E-state index is 6.02. The number of nitrogen functional groups attached to an aromatic ring is 1. The predicted molar refractivity (Wildman–Crippen MR) is 119 cm³/mol. The molecule has 3 aromatic rings. The van der Waals surface area contributed by atoms with Crippen LogP contribution in [0.25, 0.3) is 10.4 Å². The molecule has 2 N–H and O–H groups in total. The van der Waals surface area contributed by atoms with Crippen molar-refractivity contribution in [2.24, 2.45) is 5.41 Å². The van der Waals surface area contributed by atoms with Gasteiger partial charge in [0.25, 0.3) is 0 Å². The van der Waals surface area contributed by atoms with Gasteiger partial charge in [-0.15, -0.1) is 11.3 Å². The molecule has 0 saturated heterocycles. The van der Waals surface area contributed by atoms with Gasteiger partial charge in [-0.2, -0.15) is 0 Å². The molecular formula is C23H26N4OS. The van der Waals surface area contributed by atoms with E-state index in [4.69, 9.17) is 10.5 Å². The Morgan fingerprint density at radius 3 is 2.59 bits per heavy atom. The van der Waals surface area contributed by atoms with Crippen LogP contribution in [0.15, 0.2) is 36.9 Å². The molecular weight excluding hydrogens is 380 g/mol. The van der Waals surface area contributed by atoms with Crippen molar-refractivity contribution in [1.82, 2.24) is 15.0 Å². The van der Waals surface area contributed by atoms with Crippen LogP contribution in [0, 0.1) is 17.3 Å². The fraction of sp³-hybridized carbons (Fsp3) is 0.348. The first-order chi connectivity index (χ1) is 13.7. The van der Waals surface area contributed by atoms with Crippen molar-refractivity contribution in [3.05, 3.63) is 53.1 Å². The number of hydrogen-bond acceptors (Lipinski definition) is 6. The molecule has 0 amide bonds. The lowest BCUT2D eigenvalue weighted by atomic mass is 9.97. The SMILES string of the molecule is CC(C)c1ncc(-c2cnc(N)c(OCc3cncc(C#CC(C)(C)C)c3)c2)s1. The number of hydrogen-bond donors (Lipinski definition) is 1. The molecule has 150 valence electrons. The van der Waals surface area contributed by atoms with E-state index in [0.717, 1.165) is 26.6 Å². The lowest BCUT2D eigenvalue weighted by Gasteiger charge is -2.10.